The normalized spacial score (nSPS) is 32.1. The van der Waals surface area contributed by atoms with Gasteiger partial charge in [-0.15, -0.1) is 0 Å². The van der Waals surface area contributed by atoms with Gasteiger partial charge < -0.3 is 10.1 Å². The van der Waals surface area contributed by atoms with Crippen LogP contribution in [0.5, 0.6) is 0 Å². The molecule has 0 aromatic rings. The van der Waals surface area contributed by atoms with Crippen molar-refractivity contribution in [3.05, 3.63) is 0 Å². The summed E-state index contributed by atoms with van der Waals surface area (Å²) in [6, 6.07) is 1.17. The second kappa shape index (κ2) is 6.61. The fourth-order valence-electron chi connectivity index (χ4n) is 2.55. The zero-order valence-corrected chi connectivity index (χ0v) is 11.6. The van der Waals surface area contributed by atoms with E-state index in [1.807, 2.05) is 0 Å². The first kappa shape index (κ1) is 14.0. The number of ether oxygens (including phenoxy) is 1. The third-order valence-corrected chi connectivity index (χ3v) is 3.54. The summed E-state index contributed by atoms with van der Waals surface area (Å²) < 4.78 is 6.06. The first-order chi connectivity index (χ1) is 7.54. The van der Waals surface area contributed by atoms with Gasteiger partial charge in [0.05, 0.1) is 6.10 Å². The Balaban J connectivity index is 2.65. The topological polar surface area (TPSA) is 21.3 Å². The van der Waals surface area contributed by atoms with Crippen molar-refractivity contribution in [2.45, 2.75) is 72.1 Å². The van der Waals surface area contributed by atoms with Crippen molar-refractivity contribution in [1.82, 2.24) is 5.32 Å². The Kier molecular flexibility index (Phi) is 5.77. The Morgan fingerprint density at radius 3 is 2.44 bits per heavy atom. The summed E-state index contributed by atoms with van der Waals surface area (Å²) in [6.45, 7) is 12.3. The molecule has 0 spiro atoms. The Morgan fingerprint density at radius 1 is 1.25 bits per heavy atom. The molecule has 1 aliphatic heterocycles. The van der Waals surface area contributed by atoms with Crippen LogP contribution in [0.2, 0.25) is 0 Å². The molecule has 0 bridgehead atoms. The first-order valence-electron chi connectivity index (χ1n) is 6.92. The van der Waals surface area contributed by atoms with E-state index in [1.54, 1.807) is 0 Å². The average molecular weight is 227 g/mol. The van der Waals surface area contributed by atoms with E-state index in [2.05, 4.69) is 39.9 Å². The Hall–Kier alpha value is -0.0800. The third-order valence-electron chi connectivity index (χ3n) is 3.54. The Morgan fingerprint density at radius 2 is 1.94 bits per heavy atom. The molecule has 0 aromatic carbocycles. The van der Waals surface area contributed by atoms with Crippen molar-refractivity contribution in [3.8, 4) is 0 Å². The van der Waals surface area contributed by atoms with E-state index in [1.165, 1.54) is 12.8 Å². The number of hydrogen-bond acceptors (Lipinski definition) is 2. The molecule has 1 fully saturated rings. The van der Waals surface area contributed by atoms with Crippen molar-refractivity contribution >= 4 is 0 Å². The van der Waals surface area contributed by atoms with Crippen LogP contribution in [-0.2, 0) is 4.74 Å². The molecular formula is C14H29NO. The highest BCUT2D eigenvalue weighted by Crippen LogP contribution is 2.22. The maximum atomic E-state index is 6.06. The SMILES string of the molecule is CCC1CCOC(CC(C)C)C(C(C)C)N1. The molecule has 3 unspecified atom stereocenters. The van der Waals surface area contributed by atoms with Gasteiger partial charge in [0.15, 0.2) is 0 Å². The first-order valence-corrected chi connectivity index (χ1v) is 6.92. The molecular weight excluding hydrogens is 198 g/mol. The lowest BCUT2D eigenvalue weighted by atomic mass is 9.92. The zero-order valence-electron chi connectivity index (χ0n) is 11.6. The molecule has 0 aromatic heterocycles. The van der Waals surface area contributed by atoms with E-state index in [0.717, 1.165) is 13.0 Å². The summed E-state index contributed by atoms with van der Waals surface area (Å²) in [5.41, 5.74) is 0. The van der Waals surface area contributed by atoms with Gasteiger partial charge in [-0.1, -0.05) is 34.6 Å². The van der Waals surface area contributed by atoms with Gasteiger partial charge in [0.2, 0.25) is 0 Å². The quantitative estimate of drug-likeness (QED) is 0.796. The highest BCUT2D eigenvalue weighted by Gasteiger charge is 2.30. The molecule has 96 valence electrons. The van der Waals surface area contributed by atoms with Crippen LogP contribution < -0.4 is 5.32 Å². The Bertz CT molecular complexity index is 191. The van der Waals surface area contributed by atoms with Gasteiger partial charge in [0.25, 0.3) is 0 Å². The summed E-state index contributed by atoms with van der Waals surface area (Å²) in [4.78, 5) is 0. The van der Waals surface area contributed by atoms with Gasteiger partial charge in [-0.2, -0.15) is 0 Å². The molecule has 2 nitrogen and oxygen atoms in total. The maximum Gasteiger partial charge on any atom is 0.0733 e. The standard InChI is InChI=1S/C14H29NO/c1-6-12-7-8-16-13(9-10(2)3)14(15-12)11(4)5/h10-15H,6-9H2,1-5H3. The van der Waals surface area contributed by atoms with Crippen LogP contribution in [0.25, 0.3) is 0 Å². The average Bonchev–Trinajstić information content (AvgIpc) is 2.39. The molecule has 1 N–H and O–H groups in total. The molecule has 0 saturated carbocycles. The number of rotatable bonds is 4. The van der Waals surface area contributed by atoms with Crippen molar-refractivity contribution < 1.29 is 4.74 Å². The van der Waals surface area contributed by atoms with Crippen LogP contribution in [0.3, 0.4) is 0 Å². The highest BCUT2D eigenvalue weighted by atomic mass is 16.5. The molecule has 1 heterocycles. The van der Waals surface area contributed by atoms with Crippen molar-refractivity contribution in [2.75, 3.05) is 6.61 Å². The molecule has 2 heteroatoms. The fourth-order valence-corrected chi connectivity index (χ4v) is 2.55. The van der Waals surface area contributed by atoms with Crippen molar-refractivity contribution in [2.24, 2.45) is 11.8 Å². The van der Waals surface area contributed by atoms with E-state index in [4.69, 9.17) is 4.74 Å². The van der Waals surface area contributed by atoms with Crippen LogP contribution in [0.15, 0.2) is 0 Å². The second-order valence-electron chi connectivity index (χ2n) is 5.87. The van der Waals surface area contributed by atoms with E-state index in [0.29, 0.717) is 30.0 Å². The molecule has 1 rings (SSSR count). The molecule has 1 aliphatic rings. The van der Waals surface area contributed by atoms with Crippen LogP contribution in [0.1, 0.15) is 53.9 Å². The predicted molar refractivity (Wildman–Crippen MR) is 69.7 cm³/mol. The van der Waals surface area contributed by atoms with Gasteiger partial charge in [0, 0.05) is 18.7 Å². The van der Waals surface area contributed by atoms with E-state index in [9.17, 15) is 0 Å². The van der Waals surface area contributed by atoms with Crippen LogP contribution >= 0.6 is 0 Å². The summed E-state index contributed by atoms with van der Waals surface area (Å²) in [5.74, 6) is 1.36. The Labute approximate surface area is 101 Å². The minimum Gasteiger partial charge on any atom is -0.377 e. The lowest BCUT2D eigenvalue weighted by Gasteiger charge is -2.31. The van der Waals surface area contributed by atoms with E-state index >= 15 is 0 Å². The highest BCUT2D eigenvalue weighted by molar-refractivity contribution is 4.86. The molecule has 0 radical (unpaired) electrons. The summed E-state index contributed by atoms with van der Waals surface area (Å²) in [6.07, 6.45) is 3.94. The number of nitrogens with one attached hydrogen (secondary N) is 1. The lowest BCUT2D eigenvalue weighted by molar-refractivity contribution is 0.0181. The molecule has 16 heavy (non-hydrogen) atoms. The summed E-state index contributed by atoms with van der Waals surface area (Å²) in [7, 11) is 0. The molecule has 0 amide bonds. The maximum absolute atomic E-state index is 6.06. The summed E-state index contributed by atoms with van der Waals surface area (Å²) >= 11 is 0. The van der Waals surface area contributed by atoms with Gasteiger partial charge in [0.1, 0.15) is 0 Å². The minimum absolute atomic E-state index is 0.400. The van der Waals surface area contributed by atoms with E-state index < -0.39 is 0 Å². The van der Waals surface area contributed by atoms with Gasteiger partial charge >= 0.3 is 0 Å². The van der Waals surface area contributed by atoms with Gasteiger partial charge in [-0.3, -0.25) is 0 Å². The largest absolute Gasteiger partial charge is 0.377 e. The molecule has 3 atom stereocenters. The van der Waals surface area contributed by atoms with Gasteiger partial charge in [-0.05, 0) is 31.1 Å². The lowest BCUT2D eigenvalue weighted by Crippen LogP contribution is -2.47. The van der Waals surface area contributed by atoms with Crippen LogP contribution in [-0.4, -0.2) is 24.8 Å². The predicted octanol–water partition coefficient (Wildman–Crippen LogP) is 3.21. The minimum atomic E-state index is 0.400. The third kappa shape index (κ3) is 4.06. The van der Waals surface area contributed by atoms with Crippen LogP contribution in [0.4, 0.5) is 0 Å². The summed E-state index contributed by atoms with van der Waals surface area (Å²) in [5, 5.41) is 3.80. The second-order valence-corrected chi connectivity index (χ2v) is 5.87. The van der Waals surface area contributed by atoms with E-state index in [-0.39, 0.29) is 0 Å². The zero-order chi connectivity index (χ0) is 12.1. The van der Waals surface area contributed by atoms with Crippen molar-refractivity contribution in [1.29, 1.82) is 0 Å². The van der Waals surface area contributed by atoms with Crippen LogP contribution in [0, 0.1) is 11.8 Å². The molecule has 1 saturated heterocycles. The fraction of sp³-hybridized carbons (Fsp3) is 1.00. The monoisotopic (exact) mass is 227 g/mol. The smallest absolute Gasteiger partial charge is 0.0733 e. The molecule has 0 aliphatic carbocycles. The van der Waals surface area contributed by atoms with Gasteiger partial charge in [-0.25, -0.2) is 0 Å². The number of hydrogen-bond donors (Lipinski definition) is 1. The van der Waals surface area contributed by atoms with Crippen molar-refractivity contribution in [3.63, 3.8) is 0 Å².